The van der Waals surface area contributed by atoms with E-state index in [0.29, 0.717) is 6.42 Å². The molecule has 0 aliphatic rings. The number of rotatable bonds is 10. The number of phosphoric ester groups is 1. The van der Waals surface area contributed by atoms with E-state index in [4.69, 9.17) is 9.79 Å². The lowest BCUT2D eigenvalue weighted by molar-refractivity contribution is -0.121. The number of unbranched alkanes of at least 4 members (excludes halogenated alkanes) is 2. The molecule has 0 aliphatic heterocycles. The van der Waals surface area contributed by atoms with Crippen LogP contribution in [0.1, 0.15) is 25.7 Å². The summed E-state index contributed by atoms with van der Waals surface area (Å²) in [5, 5.41) is 11.7. The van der Waals surface area contributed by atoms with Crippen LogP contribution in [-0.4, -0.2) is 40.1 Å². The van der Waals surface area contributed by atoms with E-state index in [1.165, 1.54) is 0 Å². The Bertz CT molecular complexity index is 303. The maximum atomic E-state index is 11.3. The molecule has 8 heteroatoms. The van der Waals surface area contributed by atoms with Gasteiger partial charge >= 0.3 is 7.82 Å². The average Bonchev–Trinajstić information content (AvgIpc) is 2.28. The molecule has 0 fully saturated rings. The van der Waals surface area contributed by atoms with Gasteiger partial charge in [-0.05, 0) is 19.3 Å². The number of hydrogen-bond acceptors (Lipinski definition) is 4. The molecule has 0 aromatic carbocycles. The minimum Gasteiger partial charge on any atom is -0.389 e. The quantitative estimate of drug-likeness (QED) is 0.260. The average molecular weight is 281 g/mol. The van der Waals surface area contributed by atoms with Crippen molar-refractivity contribution in [3.63, 3.8) is 0 Å². The van der Waals surface area contributed by atoms with Gasteiger partial charge in [0.25, 0.3) is 0 Å². The molecule has 0 aromatic rings. The van der Waals surface area contributed by atoms with Crippen LogP contribution in [0.5, 0.6) is 0 Å². The molecule has 1 atom stereocenters. The molecule has 4 N–H and O–H groups in total. The Balaban J connectivity index is 3.59. The highest BCUT2D eigenvalue weighted by Crippen LogP contribution is 2.35. The first-order valence-corrected chi connectivity index (χ1v) is 7.14. The van der Waals surface area contributed by atoms with Crippen molar-refractivity contribution in [2.45, 2.75) is 31.8 Å². The van der Waals surface area contributed by atoms with Gasteiger partial charge in [-0.25, -0.2) is 4.57 Å². The van der Waals surface area contributed by atoms with Gasteiger partial charge in [0.2, 0.25) is 5.91 Å². The minimum absolute atomic E-state index is 0.0969. The normalized spacial score (nSPS) is 13.1. The molecule has 0 spiro atoms. The number of phosphoric acid groups is 1. The number of aliphatic hydroxyl groups excluding tert-OH is 1. The van der Waals surface area contributed by atoms with Gasteiger partial charge in [-0.1, -0.05) is 6.08 Å². The molecule has 0 heterocycles. The van der Waals surface area contributed by atoms with Crippen molar-refractivity contribution in [3.05, 3.63) is 12.7 Å². The zero-order valence-electron chi connectivity index (χ0n) is 10.1. The number of nitrogens with one attached hydrogen (secondary N) is 1. The summed E-state index contributed by atoms with van der Waals surface area (Å²) in [6, 6.07) is 0. The van der Waals surface area contributed by atoms with Crippen molar-refractivity contribution in [2.24, 2.45) is 0 Å². The summed E-state index contributed by atoms with van der Waals surface area (Å²) in [6.45, 7) is 2.94. The summed E-state index contributed by atoms with van der Waals surface area (Å²) in [5.41, 5.74) is 0. The Kier molecular flexibility index (Phi) is 8.87. The molecule has 0 saturated carbocycles. The Morgan fingerprint density at radius 1 is 1.44 bits per heavy atom. The van der Waals surface area contributed by atoms with E-state index in [2.05, 4.69) is 16.4 Å². The second kappa shape index (κ2) is 9.24. The zero-order chi connectivity index (χ0) is 14.0. The Morgan fingerprint density at radius 2 is 2.11 bits per heavy atom. The maximum absolute atomic E-state index is 11.3. The van der Waals surface area contributed by atoms with Crippen molar-refractivity contribution in [2.75, 3.05) is 13.2 Å². The third kappa shape index (κ3) is 11.8. The predicted molar refractivity (Wildman–Crippen MR) is 65.7 cm³/mol. The lowest BCUT2D eigenvalue weighted by Crippen LogP contribution is -2.34. The van der Waals surface area contributed by atoms with Crippen LogP contribution < -0.4 is 5.32 Å². The Morgan fingerprint density at radius 3 is 2.67 bits per heavy atom. The van der Waals surface area contributed by atoms with Crippen LogP contribution in [0.25, 0.3) is 0 Å². The van der Waals surface area contributed by atoms with Gasteiger partial charge in [-0.2, -0.15) is 0 Å². The topological polar surface area (TPSA) is 116 Å². The summed E-state index contributed by atoms with van der Waals surface area (Å²) in [5.74, 6) is -0.214. The van der Waals surface area contributed by atoms with E-state index in [1.54, 1.807) is 6.08 Å². The lowest BCUT2D eigenvalue weighted by atomic mass is 10.2. The fraction of sp³-hybridized carbons (Fsp3) is 0.700. The van der Waals surface area contributed by atoms with Gasteiger partial charge in [-0.3, -0.25) is 9.32 Å². The largest absolute Gasteiger partial charge is 0.469 e. The second-order valence-electron chi connectivity index (χ2n) is 3.78. The zero-order valence-corrected chi connectivity index (χ0v) is 11.0. The molecule has 106 valence electrons. The highest BCUT2D eigenvalue weighted by Gasteiger charge is 2.17. The summed E-state index contributed by atoms with van der Waals surface area (Å²) in [7, 11) is -4.57. The van der Waals surface area contributed by atoms with Gasteiger partial charge in [0.15, 0.2) is 0 Å². The highest BCUT2D eigenvalue weighted by molar-refractivity contribution is 7.46. The molecule has 1 amide bonds. The smallest absolute Gasteiger partial charge is 0.389 e. The SMILES string of the molecule is C=CCCCCC(=O)NCC(O)COP(=O)(O)O. The van der Waals surface area contributed by atoms with Gasteiger partial charge in [-0.15, -0.1) is 6.58 Å². The predicted octanol–water partition coefficient (Wildman–Crippen LogP) is 0.319. The fourth-order valence-electron chi connectivity index (χ4n) is 1.14. The number of amides is 1. The van der Waals surface area contributed by atoms with Crippen molar-refractivity contribution in [1.29, 1.82) is 0 Å². The molecule has 0 radical (unpaired) electrons. The van der Waals surface area contributed by atoms with Crippen molar-refractivity contribution < 1.29 is 28.8 Å². The van der Waals surface area contributed by atoms with Crippen LogP contribution in [0.15, 0.2) is 12.7 Å². The van der Waals surface area contributed by atoms with Gasteiger partial charge < -0.3 is 20.2 Å². The number of allylic oxidation sites excluding steroid dienone is 1. The number of carbonyl (C=O) groups is 1. The second-order valence-corrected chi connectivity index (χ2v) is 5.02. The van der Waals surface area contributed by atoms with E-state index >= 15 is 0 Å². The third-order valence-corrected chi connectivity index (χ3v) is 2.52. The Hall–Kier alpha value is -0.720. The summed E-state index contributed by atoms with van der Waals surface area (Å²) >= 11 is 0. The number of carbonyl (C=O) groups excluding carboxylic acids is 1. The van der Waals surface area contributed by atoms with Crippen LogP contribution in [-0.2, 0) is 13.9 Å². The molecule has 0 aliphatic carbocycles. The first-order chi connectivity index (χ1) is 8.35. The first-order valence-electron chi connectivity index (χ1n) is 5.61. The van der Waals surface area contributed by atoms with E-state index in [9.17, 15) is 14.5 Å². The summed E-state index contributed by atoms with van der Waals surface area (Å²) < 4.78 is 14.4. The van der Waals surface area contributed by atoms with E-state index in [1.807, 2.05) is 0 Å². The standard InChI is InChI=1S/C10H20NO6P/c1-2-3-4-5-6-10(13)11-7-9(12)8-17-18(14,15)16/h2,9,12H,1,3-8H2,(H,11,13)(H2,14,15,16). The molecular formula is C10H20NO6P. The Labute approximate surface area is 106 Å². The van der Waals surface area contributed by atoms with E-state index < -0.39 is 20.5 Å². The molecule has 0 bridgehead atoms. The van der Waals surface area contributed by atoms with Gasteiger partial charge in [0.05, 0.1) is 12.7 Å². The van der Waals surface area contributed by atoms with E-state index in [-0.39, 0.29) is 12.5 Å². The lowest BCUT2D eigenvalue weighted by Gasteiger charge is -2.12. The molecule has 7 nitrogen and oxygen atoms in total. The van der Waals surface area contributed by atoms with Crippen LogP contribution in [0.2, 0.25) is 0 Å². The van der Waals surface area contributed by atoms with Gasteiger partial charge in [0, 0.05) is 13.0 Å². The molecule has 1 unspecified atom stereocenters. The summed E-state index contributed by atoms with van der Waals surface area (Å²) in [6.07, 6.45) is 3.44. The van der Waals surface area contributed by atoms with Crippen LogP contribution in [0, 0.1) is 0 Å². The van der Waals surface area contributed by atoms with Crippen LogP contribution in [0.3, 0.4) is 0 Å². The van der Waals surface area contributed by atoms with Gasteiger partial charge in [0.1, 0.15) is 0 Å². The highest BCUT2D eigenvalue weighted by atomic mass is 31.2. The molecule has 0 aromatic heterocycles. The number of aliphatic hydroxyl groups is 1. The molecule has 0 saturated heterocycles. The minimum atomic E-state index is -4.57. The van der Waals surface area contributed by atoms with Crippen molar-refractivity contribution in [1.82, 2.24) is 5.32 Å². The first kappa shape index (κ1) is 17.3. The molecule has 18 heavy (non-hydrogen) atoms. The van der Waals surface area contributed by atoms with Crippen LogP contribution >= 0.6 is 7.82 Å². The van der Waals surface area contributed by atoms with Crippen molar-refractivity contribution in [3.8, 4) is 0 Å². The monoisotopic (exact) mass is 281 g/mol. The van der Waals surface area contributed by atoms with E-state index in [0.717, 1.165) is 19.3 Å². The number of hydrogen-bond donors (Lipinski definition) is 4. The summed E-state index contributed by atoms with van der Waals surface area (Å²) in [4.78, 5) is 28.1. The molecular weight excluding hydrogens is 261 g/mol. The molecule has 0 rings (SSSR count). The maximum Gasteiger partial charge on any atom is 0.469 e. The van der Waals surface area contributed by atoms with Crippen molar-refractivity contribution >= 4 is 13.7 Å². The third-order valence-electron chi connectivity index (χ3n) is 2.03. The van der Waals surface area contributed by atoms with Crippen LogP contribution in [0.4, 0.5) is 0 Å². The fourth-order valence-corrected chi connectivity index (χ4v) is 1.50.